The molecule has 22 heavy (non-hydrogen) atoms. The molecule has 0 radical (unpaired) electrons. The maximum absolute atomic E-state index is 6.46. The smallest absolute Gasteiger partial charge is 0.0629 e. The normalized spacial score (nSPS) is 16.7. The van der Waals surface area contributed by atoms with Crippen molar-refractivity contribution in [1.82, 2.24) is 0 Å². The van der Waals surface area contributed by atoms with E-state index in [0.717, 1.165) is 40.4 Å². The third-order valence-electron chi connectivity index (χ3n) is 3.54. The van der Waals surface area contributed by atoms with Crippen molar-refractivity contribution in [3.63, 3.8) is 0 Å². The molecule has 0 saturated heterocycles. The van der Waals surface area contributed by atoms with Crippen molar-refractivity contribution >= 4 is 29.2 Å². The van der Waals surface area contributed by atoms with E-state index >= 15 is 0 Å². The van der Waals surface area contributed by atoms with Gasteiger partial charge in [0.25, 0.3) is 0 Å². The summed E-state index contributed by atoms with van der Waals surface area (Å²) in [5, 5.41) is 4.09. The van der Waals surface area contributed by atoms with Gasteiger partial charge >= 0.3 is 0 Å². The average molecular weight is 309 g/mol. The SMILES string of the molecule is ClC1=C(/C=N/c2ccccc2)CC/C1=C\Nc1ccccc1. The first-order valence-corrected chi connectivity index (χ1v) is 7.69. The highest BCUT2D eigenvalue weighted by Crippen LogP contribution is 2.33. The van der Waals surface area contributed by atoms with Gasteiger partial charge in [0.05, 0.1) is 5.69 Å². The minimum Gasteiger partial charge on any atom is -0.361 e. The summed E-state index contributed by atoms with van der Waals surface area (Å²) >= 11 is 6.46. The first-order valence-electron chi connectivity index (χ1n) is 7.32. The molecule has 1 aliphatic rings. The largest absolute Gasteiger partial charge is 0.361 e. The highest BCUT2D eigenvalue weighted by Gasteiger charge is 2.16. The first-order chi connectivity index (χ1) is 10.8. The van der Waals surface area contributed by atoms with Gasteiger partial charge in [-0.25, -0.2) is 0 Å². The van der Waals surface area contributed by atoms with Crippen LogP contribution >= 0.6 is 11.6 Å². The van der Waals surface area contributed by atoms with Gasteiger partial charge in [0, 0.05) is 23.1 Å². The summed E-state index contributed by atoms with van der Waals surface area (Å²) < 4.78 is 0. The van der Waals surface area contributed by atoms with Gasteiger partial charge in [0.15, 0.2) is 0 Å². The summed E-state index contributed by atoms with van der Waals surface area (Å²) in [6, 6.07) is 20.0. The summed E-state index contributed by atoms with van der Waals surface area (Å²) in [5.41, 5.74) is 4.22. The quantitative estimate of drug-likeness (QED) is 0.723. The van der Waals surface area contributed by atoms with Gasteiger partial charge in [0.2, 0.25) is 0 Å². The van der Waals surface area contributed by atoms with Crippen LogP contribution in [0.1, 0.15) is 12.8 Å². The Labute approximate surface area is 135 Å². The lowest BCUT2D eigenvalue weighted by Gasteiger charge is -2.02. The Bertz CT molecular complexity index is 716. The Balaban J connectivity index is 1.71. The zero-order valence-electron chi connectivity index (χ0n) is 12.2. The third-order valence-corrected chi connectivity index (χ3v) is 4.03. The van der Waals surface area contributed by atoms with Crippen LogP contribution in [0.25, 0.3) is 0 Å². The minimum atomic E-state index is 0.808. The average Bonchev–Trinajstić information content (AvgIpc) is 2.93. The van der Waals surface area contributed by atoms with Gasteiger partial charge in [-0.3, -0.25) is 4.99 Å². The molecule has 2 nitrogen and oxygen atoms in total. The van der Waals surface area contributed by atoms with Crippen molar-refractivity contribution in [2.24, 2.45) is 4.99 Å². The van der Waals surface area contributed by atoms with Gasteiger partial charge in [-0.2, -0.15) is 0 Å². The Kier molecular flexibility index (Phi) is 4.71. The second-order valence-electron chi connectivity index (χ2n) is 5.11. The van der Waals surface area contributed by atoms with Crippen molar-refractivity contribution in [1.29, 1.82) is 0 Å². The monoisotopic (exact) mass is 308 g/mol. The highest BCUT2D eigenvalue weighted by molar-refractivity contribution is 6.34. The fourth-order valence-electron chi connectivity index (χ4n) is 2.32. The lowest BCUT2D eigenvalue weighted by atomic mass is 10.2. The standard InChI is InChI=1S/C19H17ClN2/c20-19-15(13-21-17-7-3-1-4-8-17)11-12-16(19)14-22-18-9-5-2-6-10-18/h1-10,13-14,21H,11-12H2/b15-13+,22-14+. The van der Waals surface area contributed by atoms with Crippen molar-refractivity contribution in [2.45, 2.75) is 12.8 Å². The molecule has 0 saturated carbocycles. The van der Waals surface area contributed by atoms with E-state index in [1.807, 2.05) is 73.1 Å². The molecule has 110 valence electrons. The molecule has 0 heterocycles. The van der Waals surface area contributed by atoms with E-state index < -0.39 is 0 Å². The first kappa shape index (κ1) is 14.6. The number of nitrogens with zero attached hydrogens (tertiary/aromatic N) is 1. The number of rotatable bonds is 4. The number of hydrogen-bond acceptors (Lipinski definition) is 2. The van der Waals surface area contributed by atoms with Crippen LogP contribution in [0.5, 0.6) is 0 Å². The Hall–Kier alpha value is -2.32. The lowest BCUT2D eigenvalue weighted by Crippen LogP contribution is -1.89. The van der Waals surface area contributed by atoms with E-state index in [1.54, 1.807) is 0 Å². The van der Waals surface area contributed by atoms with Crippen LogP contribution in [0.2, 0.25) is 0 Å². The van der Waals surface area contributed by atoms with E-state index in [4.69, 9.17) is 11.6 Å². The van der Waals surface area contributed by atoms with Crippen LogP contribution in [-0.4, -0.2) is 6.21 Å². The Morgan fingerprint density at radius 1 is 0.909 bits per heavy atom. The molecule has 3 heteroatoms. The molecule has 0 aromatic heterocycles. The van der Waals surface area contributed by atoms with E-state index in [9.17, 15) is 0 Å². The van der Waals surface area contributed by atoms with Crippen molar-refractivity contribution in [3.05, 3.63) is 83.0 Å². The second kappa shape index (κ2) is 7.10. The second-order valence-corrected chi connectivity index (χ2v) is 5.49. The van der Waals surface area contributed by atoms with E-state index in [2.05, 4.69) is 10.3 Å². The maximum atomic E-state index is 6.46. The summed E-state index contributed by atoms with van der Waals surface area (Å²) in [5.74, 6) is 0. The molecule has 0 atom stereocenters. The Morgan fingerprint density at radius 3 is 2.32 bits per heavy atom. The predicted molar refractivity (Wildman–Crippen MR) is 94.9 cm³/mol. The zero-order valence-corrected chi connectivity index (χ0v) is 12.9. The highest BCUT2D eigenvalue weighted by atomic mass is 35.5. The maximum Gasteiger partial charge on any atom is 0.0629 e. The van der Waals surface area contributed by atoms with E-state index in [-0.39, 0.29) is 0 Å². The van der Waals surface area contributed by atoms with Gasteiger partial charge in [-0.15, -0.1) is 0 Å². The molecule has 0 bridgehead atoms. The molecule has 3 rings (SSSR count). The molecule has 1 N–H and O–H groups in total. The summed E-state index contributed by atoms with van der Waals surface area (Å²) in [4.78, 5) is 4.48. The number of anilines is 1. The molecule has 2 aromatic carbocycles. The van der Waals surface area contributed by atoms with E-state index in [0.29, 0.717) is 0 Å². The van der Waals surface area contributed by atoms with Crippen molar-refractivity contribution in [2.75, 3.05) is 5.32 Å². The molecule has 0 amide bonds. The number of hydrogen-bond donors (Lipinski definition) is 1. The topological polar surface area (TPSA) is 24.4 Å². The summed E-state index contributed by atoms with van der Waals surface area (Å²) in [7, 11) is 0. The number of benzene rings is 2. The number of halogens is 1. The van der Waals surface area contributed by atoms with Gasteiger partial charge in [0.1, 0.15) is 0 Å². The molecule has 0 fully saturated rings. The van der Waals surface area contributed by atoms with Gasteiger partial charge in [-0.1, -0.05) is 48.0 Å². The molecule has 0 spiro atoms. The Morgan fingerprint density at radius 2 is 1.59 bits per heavy atom. The van der Waals surface area contributed by atoms with Crippen LogP contribution < -0.4 is 5.32 Å². The number of nitrogens with one attached hydrogen (secondary N) is 1. The van der Waals surface area contributed by atoms with Crippen molar-refractivity contribution < 1.29 is 0 Å². The zero-order chi connectivity index (χ0) is 15.2. The van der Waals surface area contributed by atoms with Crippen molar-refractivity contribution in [3.8, 4) is 0 Å². The number of aliphatic imine (C=N–C) groups is 1. The van der Waals surface area contributed by atoms with E-state index in [1.165, 1.54) is 0 Å². The molecule has 0 unspecified atom stereocenters. The number of allylic oxidation sites excluding steroid dienone is 3. The molecular weight excluding hydrogens is 292 g/mol. The molecular formula is C19H17ClN2. The predicted octanol–water partition coefficient (Wildman–Crippen LogP) is 5.67. The number of para-hydroxylation sites is 2. The fraction of sp³-hybridized carbons (Fsp3) is 0.105. The fourth-order valence-corrected chi connectivity index (χ4v) is 2.62. The molecule has 1 aliphatic carbocycles. The van der Waals surface area contributed by atoms with Crippen LogP contribution in [0.3, 0.4) is 0 Å². The van der Waals surface area contributed by atoms with Crippen LogP contribution in [0.4, 0.5) is 11.4 Å². The minimum absolute atomic E-state index is 0.808. The molecule has 2 aromatic rings. The van der Waals surface area contributed by atoms with Crippen LogP contribution in [-0.2, 0) is 0 Å². The van der Waals surface area contributed by atoms with Gasteiger partial charge < -0.3 is 5.32 Å². The lowest BCUT2D eigenvalue weighted by molar-refractivity contribution is 1.04. The molecule has 0 aliphatic heterocycles. The summed E-state index contributed by atoms with van der Waals surface area (Å²) in [6.45, 7) is 0. The van der Waals surface area contributed by atoms with Crippen LogP contribution in [0, 0.1) is 0 Å². The summed E-state index contributed by atoms with van der Waals surface area (Å²) in [6.07, 6.45) is 5.73. The van der Waals surface area contributed by atoms with Gasteiger partial charge in [-0.05, 0) is 48.3 Å². The third kappa shape index (κ3) is 3.66. The van der Waals surface area contributed by atoms with Crippen LogP contribution in [0.15, 0.2) is 88.0 Å².